The van der Waals surface area contributed by atoms with Crippen LogP contribution in [0.15, 0.2) is 30.3 Å². The molecule has 21 heavy (non-hydrogen) atoms. The highest BCUT2D eigenvalue weighted by atomic mass is 35.5. The SMILES string of the molecule is Cc1cc(NC(=O)Nc2ccc(C)c(Cl)c2)c(C)cc1N. The molecular formula is C16H18ClN3O. The quantitative estimate of drug-likeness (QED) is 0.715. The van der Waals surface area contributed by atoms with Gasteiger partial charge < -0.3 is 16.4 Å². The minimum Gasteiger partial charge on any atom is -0.399 e. The second kappa shape index (κ2) is 6.06. The van der Waals surface area contributed by atoms with E-state index in [4.69, 9.17) is 17.3 Å². The number of benzene rings is 2. The lowest BCUT2D eigenvalue weighted by Crippen LogP contribution is -2.20. The highest BCUT2D eigenvalue weighted by Crippen LogP contribution is 2.23. The number of carbonyl (C=O) groups excluding carboxylic acids is 1. The summed E-state index contributed by atoms with van der Waals surface area (Å²) in [5.74, 6) is 0. The molecule has 0 aliphatic heterocycles. The summed E-state index contributed by atoms with van der Waals surface area (Å²) in [5, 5.41) is 6.18. The number of aryl methyl sites for hydroxylation is 3. The second-order valence-corrected chi connectivity index (χ2v) is 5.47. The molecule has 0 unspecified atom stereocenters. The molecule has 0 aliphatic carbocycles. The number of hydrogen-bond donors (Lipinski definition) is 3. The molecule has 0 aromatic heterocycles. The fraction of sp³-hybridized carbons (Fsp3) is 0.188. The first-order valence-electron chi connectivity index (χ1n) is 6.57. The third-order valence-corrected chi connectivity index (χ3v) is 3.70. The summed E-state index contributed by atoms with van der Waals surface area (Å²) in [4.78, 5) is 12.0. The van der Waals surface area contributed by atoms with Crippen LogP contribution in [0, 0.1) is 20.8 Å². The van der Waals surface area contributed by atoms with Crippen LogP contribution in [0.2, 0.25) is 5.02 Å². The van der Waals surface area contributed by atoms with E-state index in [0.29, 0.717) is 16.4 Å². The zero-order chi connectivity index (χ0) is 15.6. The van der Waals surface area contributed by atoms with E-state index in [1.807, 2.05) is 45.0 Å². The van der Waals surface area contributed by atoms with Gasteiger partial charge in [-0.3, -0.25) is 0 Å². The van der Waals surface area contributed by atoms with Gasteiger partial charge in [-0.15, -0.1) is 0 Å². The summed E-state index contributed by atoms with van der Waals surface area (Å²) in [6.07, 6.45) is 0. The molecule has 2 amide bonds. The van der Waals surface area contributed by atoms with Gasteiger partial charge in [0.25, 0.3) is 0 Å². The Morgan fingerprint density at radius 2 is 1.71 bits per heavy atom. The molecule has 2 aromatic carbocycles. The number of nitrogens with one attached hydrogen (secondary N) is 2. The fourth-order valence-electron chi connectivity index (χ4n) is 1.93. The van der Waals surface area contributed by atoms with Crippen molar-refractivity contribution in [2.75, 3.05) is 16.4 Å². The monoisotopic (exact) mass is 303 g/mol. The van der Waals surface area contributed by atoms with Gasteiger partial charge in [-0.05, 0) is 61.7 Å². The zero-order valence-corrected chi connectivity index (χ0v) is 13.0. The molecule has 5 heteroatoms. The summed E-state index contributed by atoms with van der Waals surface area (Å²) < 4.78 is 0. The van der Waals surface area contributed by atoms with Gasteiger partial charge in [-0.2, -0.15) is 0 Å². The molecule has 110 valence electrons. The van der Waals surface area contributed by atoms with E-state index in [2.05, 4.69) is 10.6 Å². The molecule has 0 heterocycles. The Morgan fingerprint density at radius 3 is 2.38 bits per heavy atom. The third-order valence-electron chi connectivity index (χ3n) is 3.29. The van der Waals surface area contributed by atoms with Gasteiger partial charge in [-0.25, -0.2) is 4.79 Å². The van der Waals surface area contributed by atoms with E-state index >= 15 is 0 Å². The summed E-state index contributed by atoms with van der Waals surface area (Å²) in [5.41, 5.74) is 10.7. The minimum absolute atomic E-state index is 0.317. The molecule has 0 saturated carbocycles. The zero-order valence-electron chi connectivity index (χ0n) is 12.3. The Hall–Kier alpha value is -2.20. The van der Waals surface area contributed by atoms with Crippen molar-refractivity contribution in [2.24, 2.45) is 0 Å². The molecule has 4 N–H and O–H groups in total. The van der Waals surface area contributed by atoms with E-state index < -0.39 is 0 Å². The van der Waals surface area contributed by atoms with E-state index in [9.17, 15) is 4.79 Å². The summed E-state index contributed by atoms with van der Waals surface area (Å²) in [6.45, 7) is 5.71. The van der Waals surface area contributed by atoms with Crippen LogP contribution in [-0.4, -0.2) is 6.03 Å². The van der Waals surface area contributed by atoms with Crippen molar-refractivity contribution in [3.63, 3.8) is 0 Å². The van der Waals surface area contributed by atoms with Crippen LogP contribution < -0.4 is 16.4 Å². The Kier molecular flexibility index (Phi) is 4.38. The first kappa shape index (κ1) is 15.2. The van der Waals surface area contributed by atoms with Crippen molar-refractivity contribution in [1.29, 1.82) is 0 Å². The predicted octanol–water partition coefficient (Wildman–Crippen LogP) is 4.49. The summed E-state index contributed by atoms with van der Waals surface area (Å²) in [6, 6.07) is 8.76. The van der Waals surface area contributed by atoms with Gasteiger partial charge >= 0.3 is 6.03 Å². The number of anilines is 3. The molecule has 2 aromatic rings. The third kappa shape index (κ3) is 3.67. The molecular weight excluding hydrogens is 286 g/mol. The average Bonchev–Trinajstić information content (AvgIpc) is 2.40. The van der Waals surface area contributed by atoms with Crippen LogP contribution in [0.1, 0.15) is 16.7 Å². The molecule has 0 bridgehead atoms. The van der Waals surface area contributed by atoms with Crippen molar-refractivity contribution < 1.29 is 4.79 Å². The van der Waals surface area contributed by atoms with E-state index in [-0.39, 0.29) is 6.03 Å². The van der Waals surface area contributed by atoms with Crippen LogP contribution in [0.3, 0.4) is 0 Å². The first-order valence-corrected chi connectivity index (χ1v) is 6.95. The topological polar surface area (TPSA) is 67.2 Å². The van der Waals surface area contributed by atoms with Gasteiger partial charge in [0, 0.05) is 22.1 Å². The molecule has 0 fully saturated rings. The molecule has 0 aliphatic rings. The maximum absolute atomic E-state index is 12.0. The van der Waals surface area contributed by atoms with Crippen molar-refractivity contribution in [1.82, 2.24) is 0 Å². The lowest BCUT2D eigenvalue weighted by atomic mass is 10.1. The molecule has 4 nitrogen and oxygen atoms in total. The predicted molar refractivity (Wildman–Crippen MR) is 89.2 cm³/mol. The molecule has 0 radical (unpaired) electrons. The van der Waals surface area contributed by atoms with Crippen LogP contribution in [0.5, 0.6) is 0 Å². The lowest BCUT2D eigenvalue weighted by Gasteiger charge is -2.12. The standard InChI is InChI=1S/C16H18ClN3O/c1-9-4-5-12(8-13(9)17)19-16(21)20-15-7-10(2)14(18)6-11(15)3/h4-8H,18H2,1-3H3,(H2,19,20,21). The highest BCUT2D eigenvalue weighted by Gasteiger charge is 2.07. The van der Waals surface area contributed by atoms with Crippen molar-refractivity contribution in [2.45, 2.75) is 20.8 Å². The second-order valence-electron chi connectivity index (χ2n) is 5.07. The Bertz CT molecular complexity index is 698. The van der Waals surface area contributed by atoms with Crippen LogP contribution in [0.25, 0.3) is 0 Å². The largest absolute Gasteiger partial charge is 0.399 e. The molecule has 0 saturated heterocycles. The highest BCUT2D eigenvalue weighted by molar-refractivity contribution is 6.31. The number of rotatable bonds is 2. The molecule has 0 spiro atoms. The van der Waals surface area contributed by atoms with Crippen LogP contribution >= 0.6 is 11.6 Å². The fourth-order valence-corrected chi connectivity index (χ4v) is 2.11. The number of carbonyl (C=O) groups is 1. The van der Waals surface area contributed by atoms with E-state index in [0.717, 1.165) is 22.4 Å². The van der Waals surface area contributed by atoms with Crippen LogP contribution in [0.4, 0.5) is 21.9 Å². The van der Waals surface area contributed by atoms with E-state index in [1.54, 1.807) is 6.07 Å². The van der Waals surface area contributed by atoms with Gasteiger partial charge in [0.05, 0.1) is 0 Å². The Morgan fingerprint density at radius 1 is 1.00 bits per heavy atom. The number of amides is 2. The average molecular weight is 304 g/mol. The van der Waals surface area contributed by atoms with Crippen LogP contribution in [-0.2, 0) is 0 Å². The molecule has 0 atom stereocenters. The van der Waals surface area contributed by atoms with Gasteiger partial charge in [0.2, 0.25) is 0 Å². The minimum atomic E-state index is -0.317. The normalized spacial score (nSPS) is 10.3. The van der Waals surface area contributed by atoms with Crippen molar-refractivity contribution in [3.05, 3.63) is 52.0 Å². The van der Waals surface area contributed by atoms with Gasteiger partial charge in [0.1, 0.15) is 0 Å². The molecule has 2 rings (SSSR count). The van der Waals surface area contributed by atoms with Crippen molar-refractivity contribution in [3.8, 4) is 0 Å². The number of nitrogen functional groups attached to an aromatic ring is 1. The summed E-state index contributed by atoms with van der Waals surface area (Å²) >= 11 is 6.04. The maximum Gasteiger partial charge on any atom is 0.323 e. The summed E-state index contributed by atoms with van der Waals surface area (Å²) in [7, 11) is 0. The lowest BCUT2D eigenvalue weighted by molar-refractivity contribution is 0.262. The number of halogens is 1. The Labute approximate surface area is 129 Å². The van der Waals surface area contributed by atoms with Gasteiger partial charge in [0.15, 0.2) is 0 Å². The van der Waals surface area contributed by atoms with Gasteiger partial charge in [-0.1, -0.05) is 17.7 Å². The number of hydrogen-bond acceptors (Lipinski definition) is 2. The smallest absolute Gasteiger partial charge is 0.323 e. The van der Waals surface area contributed by atoms with E-state index in [1.165, 1.54) is 0 Å². The number of urea groups is 1. The maximum atomic E-state index is 12.0. The van der Waals surface area contributed by atoms with Crippen molar-refractivity contribution >= 4 is 34.7 Å². The number of nitrogens with two attached hydrogens (primary N) is 1. The first-order chi connectivity index (χ1) is 9.86. The Balaban J connectivity index is 2.11.